The van der Waals surface area contributed by atoms with Crippen molar-refractivity contribution in [3.8, 4) is 5.75 Å². The highest BCUT2D eigenvalue weighted by Gasteiger charge is 1.95. The second-order valence-corrected chi connectivity index (χ2v) is 2.71. The minimum Gasteiger partial charge on any atom is -0.494 e. The number of nitrogens with zero attached hydrogens (tertiary/aromatic N) is 1. The van der Waals surface area contributed by atoms with Gasteiger partial charge in [0.1, 0.15) is 5.75 Å². The number of hydrogen-bond donors (Lipinski definition) is 0. The van der Waals surface area contributed by atoms with Gasteiger partial charge in [-0.2, -0.15) is 0 Å². The summed E-state index contributed by atoms with van der Waals surface area (Å²) in [5.74, 6) is 0.821. The van der Waals surface area contributed by atoms with Crippen molar-refractivity contribution in [1.29, 1.82) is 0 Å². The molecule has 0 aliphatic carbocycles. The molecule has 0 saturated carbocycles. The quantitative estimate of drug-likeness (QED) is 0.694. The highest BCUT2D eigenvalue weighted by molar-refractivity contribution is 5.79. The molecule has 0 aliphatic rings. The first kappa shape index (κ1) is 8.05. The van der Waals surface area contributed by atoms with Crippen LogP contribution < -0.4 is 4.74 Å². The molecule has 0 fully saturated rings. The Balaban J connectivity index is 2.49. The maximum absolute atomic E-state index is 5.26. The van der Waals surface area contributed by atoms with Gasteiger partial charge in [-0.15, -0.1) is 0 Å². The van der Waals surface area contributed by atoms with Gasteiger partial charge < -0.3 is 4.74 Å². The third-order valence-corrected chi connectivity index (χ3v) is 1.85. The minimum absolute atomic E-state index is 0.443. The van der Waals surface area contributed by atoms with E-state index in [9.17, 15) is 0 Å². The average molecular weight is 172 g/mol. The zero-order valence-electron chi connectivity index (χ0n) is 7.23. The van der Waals surface area contributed by atoms with Crippen LogP contribution in [0, 0.1) is 6.92 Å². The van der Waals surface area contributed by atoms with E-state index in [4.69, 9.17) is 4.74 Å². The largest absolute Gasteiger partial charge is 0.494 e. The molecule has 1 heterocycles. The maximum Gasteiger partial charge on any atom is 0.121 e. The molecule has 0 N–H and O–H groups in total. The molecule has 1 radical (unpaired) electrons. The molecule has 2 rings (SSSR count). The van der Waals surface area contributed by atoms with E-state index < -0.39 is 0 Å². The van der Waals surface area contributed by atoms with E-state index in [1.54, 1.807) is 6.20 Å². The van der Waals surface area contributed by atoms with Crippen molar-refractivity contribution in [1.82, 2.24) is 4.98 Å². The topological polar surface area (TPSA) is 22.1 Å². The summed E-state index contributed by atoms with van der Waals surface area (Å²) in [4.78, 5) is 4.22. The van der Waals surface area contributed by atoms with Crippen LogP contribution in [0.5, 0.6) is 5.75 Å². The Morgan fingerprint density at radius 3 is 3.08 bits per heavy atom. The van der Waals surface area contributed by atoms with Gasteiger partial charge in [0.25, 0.3) is 0 Å². The van der Waals surface area contributed by atoms with E-state index in [2.05, 4.69) is 11.9 Å². The lowest BCUT2D eigenvalue weighted by Gasteiger charge is -2.03. The number of ether oxygens (including phenoxy) is 1. The summed E-state index contributed by atoms with van der Waals surface area (Å²) in [5.41, 5.74) is 0.952. The van der Waals surface area contributed by atoms with Crippen molar-refractivity contribution in [3.05, 3.63) is 43.5 Å². The first-order chi connectivity index (χ1) is 6.40. The van der Waals surface area contributed by atoms with Gasteiger partial charge in [-0.25, -0.2) is 0 Å². The third-order valence-electron chi connectivity index (χ3n) is 1.85. The second-order valence-electron chi connectivity index (χ2n) is 2.71. The molecule has 2 nitrogen and oxygen atoms in total. The van der Waals surface area contributed by atoms with Crippen LogP contribution in [0.3, 0.4) is 0 Å². The maximum atomic E-state index is 5.26. The molecule has 0 unspecified atom stereocenters. The van der Waals surface area contributed by atoms with Crippen LogP contribution in [-0.2, 0) is 0 Å². The van der Waals surface area contributed by atoms with Gasteiger partial charge >= 0.3 is 0 Å². The number of pyridine rings is 1. The van der Waals surface area contributed by atoms with Crippen molar-refractivity contribution in [3.63, 3.8) is 0 Å². The third kappa shape index (κ3) is 1.61. The molecule has 0 amide bonds. The van der Waals surface area contributed by atoms with Gasteiger partial charge in [0.15, 0.2) is 0 Å². The lowest BCUT2D eigenvalue weighted by molar-refractivity contribution is 0.361. The van der Waals surface area contributed by atoms with E-state index in [0.29, 0.717) is 6.61 Å². The Morgan fingerprint density at radius 1 is 1.31 bits per heavy atom. The molecular formula is C11H10NO. The summed E-state index contributed by atoms with van der Waals surface area (Å²) in [7, 11) is 0. The van der Waals surface area contributed by atoms with Crippen molar-refractivity contribution < 1.29 is 4.74 Å². The summed E-state index contributed by atoms with van der Waals surface area (Å²) in [6, 6.07) is 9.78. The van der Waals surface area contributed by atoms with Crippen molar-refractivity contribution in [2.24, 2.45) is 0 Å². The molecule has 2 heteroatoms. The predicted molar refractivity (Wildman–Crippen MR) is 52.6 cm³/mol. The number of aromatic nitrogens is 1. The van der Waals surface area contributed by atoms with Gasteiger partial charge in [0.2, 0.25) is 0 Å². The van der Waals surface area contributed by atoms with E-state index in [0.717, 1.165) is 16.7 Å². The summed E-state index contributed by atoms with van der Waals surface area (Å²) in [5, 5.41) is 1.12. The van der Waals surface area contributed by atoms with Crippen LogP contribution in [0.1, 0.15) is 0 Å². The summed E-state index contributed by atoms with van der Waals surface area (Å²) in [6.07, 6.45) is 1.77. The highest BCUT2D eigenvalue weighted by Crippen LogP contribution is 2.18. The van der Waals surface area contributed by atoms with Crippen LogP contribution in [-0.4, -0.2) is 11.6 Å². The first-order valence-corrected chi connectivity index (χ1v) is 4.17. The van der Waals surface area contributed by atoms with Crippen LogP contribution in [0.15, 0.2) is 36.5 Å². The second kappa shape index (κ2) is 3.44. The molecule has 0 spiro atoms. The van der Waals surface area contributed by atoms with E-state index in [-0.39, 0.29) is 0 Å². The van der Waals surface area contributed by atoms with Gasteiger partial charge in [-0.05, 0) is 25.1 Å². The SMILES string of the molecule is [CH2]COc1ccc2cccnc2c1. The Bertz CT molecular complexity index is 412. The first-order valence-electron chi connectivity index (χ1n) is 4.17. The monoisotopic (exact) mass is 172 g/mol. The van der Waals surface area contributed by atoms with Crippen molar-refractivity contribution >= 4 is 10.9 Å². The summed E-state index contributed by atoms with van der Waals surface area (Å²) < 4.78 is 5.26. The predicted octanol–water partition coefficient (Wildman–Crippen LogP) is 2.45. The molecule has 0 atom stereocenters. The molecule has 0 bridgehead atoms. The minimum atomic E-state index is 0.443. The fraction of sp³-hybridized carbons (Fsp3) is 0.0909. The fourth-order valence-electron chi connectivity index (χ4n) is 1.25. The Hall–Kier alpha value is -1.57. The van der Waals surface area contributed by atoms with Gasteiger partial charge in [-0.3, -0.25) is 4.98 Å². The van der Waals surface area contributed by atoms with Crippen molar-refractivity contribution in [2.75, 3.05) is 6.61 Å². The normalized spacial score (nSPS) is 10.2. The Labute approximate surface area is 77.2 Å². The van der Waals surface area contributed by atoms with Crippen LogP contribution >= 0.6 is 0 Å². The molecule has 1 aromatic carbocycles. The van der Waals surface area contributed by atoms with E-state index in [1.165, 1.54) is 0 Å². The number of rotatable bonds is 2. The zero-order chi connectivity index (χ0) is 9.10. The van der Waals surface area contributed by atoms with Gasteiger partial charge in [0.05, 0.1) is 12.1 Å². The lowest BCUT2D eigenvalue weighted by Crippen LogP contribution is -1.91. The molecule has 2 aromatic rings. The smallest absolute Gasteiger partial charge is 0.121 e. The molecular weight excluding hydrogens is 162 g/mol. The number of benzene rings is 1. The van der Waals surface area contributed by atoms with Crippen LogP contribution in [0.4, 0.5) is 0 Å². The summed E-state index contributed by atoms with van der Waals surface area (Å²) >= 11 is 0. The van der Waals surface area contributed by atoms with E-state index >= 15 is 0 Å². The highest BCUT2D eigenvalue weighted by atomic mass is 16.5. The molecule has 0 saturated heterocycles. The average Bonchev–Trinajstić information content (AvgIpc) is 2.18. The fourth-order valence-corrected chi connectivity index (χ4v) is 1.25. The van der Waals surface area contributed by atoms with E-state index in [1.807, 2.05) is 30.3 Å². The van der Waals surface area contributed by atoms with Gasteiger partial charge in [-0.1, -0.05) is 6.07 Å². The Morgan fingerprint density at radius 2 is 2.23 bits per heavy atom. The number of hydrogen-bond acceptors (Lipinski definition) is 2. The molecule has 13 heavy (non-hydrogen) atoms. The summed E-state index contributed by atoms with van der Waals surface area (Å²) in [6.45, 7) is 4.06. The lowest BCUT2D eigenvalue weighted by atomic mass is 10.2. The Kier molecular flexibility index (Phi) is 2.13. The van der Waals surface area contributed by atoms with Gasteiger partial charge in [0, 0.05) is 17.6 Å². The number of fused-ring (bicyclic) bond motifs is 1. The zero-order valence-corrected chi connectivity index (χ0v) is 7.23. The molecule has 65 valence electrons. The molecule has 1 aromatic heterocycles. The van der Waals surface area contributed by atoms with Crippen molar-refractivity contribution in [2.45, 2.75) is 0 Å². The standard InChI is InChI=1S/C11H10NO/c1-2-13-10-6-5-9-4-3-7-12-11(9)8-10/h3-8H,1-2H2. The molecule has 0 aliphatic heterocycles. The van der Waals surface area contributed by atoms with Crippen LogP contribution in [0.25, 0.3) is 10.9 Å². The van der Waals surface area contributed by atoms with Crippen LogP contribution in [0.2, 0.25) is 0 Å².